The lowest BCUT2D eigenvalue weighted by atomic mass is 10.1. The highest BCUT2D eigenvalue weighted by atomic mass is 35.5. The molecule has 1 unspecified atom stereocenters. The summed E-state index contributed by atoms with van der Waals surface area (Å²) in [5.74, 6) is -0.0598. The van der Waals surface area contributed by atoms with Gasteiger partial charge in [-0.05, 0) is 43.0 Å². The molecule has 3 amide bonds. The molecule has 2 saturated heterocycles. The Morgan fingerprint density at radius 2 is 1.57 bits per heavy atom. The fourth-order valence-electron chi connectivity index (χ4n) is 4.00. The molecule has 3 aliphatic rings. The Morgan fingerprint density at radius 3 is 2.27 bits per heavy atom. The SMILES string of the molecule is O=C(C1C=C(c2ccc(Cl)c(Cl)c2)NC=N1)N1CCN(C(=O)N2CCCCC2)CC1. The van der Waals surface area contributed by atoms with Gasteiger partial charge in [-0.3, -0.25) is 9.79 Å². The van der Waals surface area contributed by atoms with Gasteiger partial charge < -0.3 is 20.0 Å². The van der Waals surface area contributed by atoms with E-state index in [0.717, 1.165) is 37.2 Å². The summed E-state index contributed by atoms with van der Waals surface area (Å²) in [6.45, 7) is 3.83. The van der Waals surface area contributed by atoms with Crippen molar-refractivity contribution >= 4 is 47.2 Å². The Balaban J connectivity index is 1.37. The number of halogens is 2. The fourth-order valence-corrected chi connectivity index (χ4v) is 4.30. The first-order chi connectivity index (χ1) is 14.5. The zero-order valence-electron chi connectivity index (χ0n) is 16.7. The van der Waals surface area contributed by atoms with Gasteiger partial charge in [-0.25, -0.2) is 4.79 Å². The molecule has 160 valence electrons. The van der Waals surface area contributed by atoms with Gasteiger partial charge in [-0.2, -0.15) is 0 Å². The number of urea groups is 1. The lowest BCUT2D eigenvalue weighted by molar-refractivity contribution is -0.132. The van der Waals surface area contributed by atoms with Crippen molar-refractivity contribution in [2.75, 3.05) is 39.3 Å². The Morgan fingerprint density at radius 1 is 0.900 bits per heavy atom. The second-order valence-electron chi connectivity index (χ2n) is 7.72. The minimum Gasteiger partial charge on any atom is -0.346 e. The van der Waals surface area contributed by atoms with Gasteiger partial charge >= 0.3 is 6.03 Å². The van der Waals surface area contributed by atoms with E-state index in [0.29, 0.717) is 36.2 Å². The lowest BCUT2D eigenvalue weighted by Crippen LogP contribution is -2.56. The molecule has 0 spiro atoms. The van der Waals surface area contributed by atoms with Gasteiger partial charge in [0.15, 0.2) is 6.04 Å². The normalized spacial score (nSPS) is 21.9. The van der Waals surface area contributed by atoms with Crippen molar-refractivity contribution in [3.05, 3.63) is 39.9 Å². The minimum absolute atomic E-state index is 0.0598. The third kappa shape index (κ3) is 4.57. The van der Waals surface area contributed by atoms with Gasteiger partial charge in [-0.15, -0.1) is 0 Å². The number of rotatable bonds is 2. The molecule has 0 saturated carbocycles. The highest BCUT2D eigenvalue weighted by molar-refractivity contribution is 6.42. The highest BCUT2D eigenvalue weighted by Crippen LogP contribution is 2.26. The summed E-state index contributed by atoms with van der Waals surface area (Å²) in [5.41, 5.74) is 1.60. The topological polar surface area (TPSA) is 68.2 Å². The summed E-state index contributed by atoms with van der Waals surface area (Å²) in [5, 5.41) is 4.00. The summed E-state index contributed by atoms with van der Waals surface area (Å²) >= 11 is 12.1. The van der Waals surface area contributed by atoms with Crippen molar-refractivity contribution in [2.45, 2.75) is 25.3 Å². The van der Waals surface area contributed by atoms with Crippen molar-refractivity contribution in [3.8, 4) is 0 Å². The minimum atomic E-state index is -0.597. The molecule has 0 bridgehead atoms. The van der Waals surface area contributed by atoms with Crippen molar-refractivity contribution in [1.82, 2.24) is 20.0 Å². The smallest absolute Gasteiger partial charge is 0.320 e. The van der Waals surface area contributed by atoms with Crippen molar-refractivity contribution in [3.63, 3.8) is 0 Å². The molecule has 0 aliphatic carbocycles. The molecule has 3 heterocycles. The first kappa shape index (κ1) is 21.0. The monoisotopic (exact) mass is 449 g/mol. The quantitative estimate of drug-likeness (QED) is 0.753. The summed E-state index contributed by atoms with van der Waals surface area (Å²) < 4.78 is 0. The van der Waals surface area contributed by atoms with Crippen LogP contribution in [0.15, 0.2) is 29.3 Å². The van der Waals surface area contributed by atoms with Crippen LogP contribution in [0.25, 0.3) is 5.70 Å². The molecular weight excluding hydrogens is 425 g/mol. The van der Waals surface area contributed by atoms with Crippen LogP contribution in [0, 0.1) is 0 Å². The maximum Gasteiger partial charge on any atom is 0.320 e. The van der Waals surface area contributed by atoms with Gasteiger partial charge in [0.2, 0.25) is 0 Å². The average Bonchev–Trinajstić information content (AvgIpc) is 2.80. The van der Waals surface area contributed by atoms with E-state index in [4.69, 9.17) is 23.2 Å². The third-order valence-corrected chi connectivity index (χ3v) is 6.49. The van der Waals surface area contributed by atoms with Crippen LogP contribution in [0.3, 0.4) is 0 Å². The number of carbonyl (C=O) groups excluding carboxylic acids is 2. The van der Waals surface area contributed by atoms with Crippen LogP contribution in [-0.4, -0.2) is 78.3 Å². The molecule has 2 fully saturated rings. The first-order valence-corrected chi connectivity index (χ1v) is 11.1. The number of nitrogens with zero attached hydrogens (tertiary/aromatic N) is 4. The third-order valence-electron chi connectivity index (χ3n) is 5.75. The first-order valence-electron chi connectivity index (χ1n) is 10.3. The van der Waals surface area contributed by atoms with E-state index in [1.54, 1.807) is 23.1 Å². The number of hydrogen-bond acceptors (Lipinski definition) is 4. The maximum absolute atomic E-state index is 13.0. The summed E-state index contributed by atoms with van der Waals surface area (Å²) in [6.07, 6.45) is 6.68. The van der Waals surface area contributed by atoms with E-state index in [2.05, 4.69) is 10.3 Å². The van der Waals surface area contributed by atoms with Crippen LogP contribution < -0.4 is 5.32 Å². The maximum atomic E-state index is 13.0. The highest BCUT2D eigenvalue weighted by Gasteiger charge is 2.30. The van der Waals surface area contributed by atoms with Crippen LogP contribution in [0.1, 0.15) is 24.8 Å². The number of piperidine rings is 1. The van der Waals surface area contributed by atoms with E-state index in [1.165, 1.54) is 12.8 Å². The largest absolute Gasteiger partial charge is 0.346 e. The number of benzene rings is 1. The average molecular weight is 450 g/mol. The van der Waals surface area contributed by atoms with Crippen LogP contribution in [0.5, 0.6) is 0 Å². The van der Waals surface area contributed by atoms with E-state index in [1.807, 2.05) is 15.9 Å². The predicted molar refractivity (Wildman–Crippen MR) is 119 cm³/mol. The summed E-state index contributed by atoms with van der Waals surface area (Å²) in [6, 6.07) is 4.83. The number of carbonyl (C=O) groups is 2. The zero-order chi connectivity index (χ0) is 21.1. The molecule has 9 heteroatoms. The van der Waals surface area contributed by atoms with Crippen molar-refractivity contribution < 1.29 is 9.59 Å². The Kier molecular flexibility index (Phi) is 6.49. The molecule has 1 aromatic rings. The predicted octanol–water partition coefficient (Wildman–Crippen LogP) is 3.08. The Labute approximate surface area is 186 Å². The van der Waals surface area contributed by atoms with E-state index in [-0.39, 0.29) is 11.9 Å². The summed E-state index contributed by atoms with van der Waals surface area (Å²) in [7, 11) is 0. The van der Waals surface area contributed by atoms with Crippen LogP contribution in [-0.2, 0) is 4.79 Å². The zero-order valence-corrected chi connectivity index (χ0v) is 18.2. The Hall–Kier alpha value is -2.25. The van der Waals surface area contributed by atoms with Gasteiger partial charge in [0, 0.05) is 45.0 Å². The second kappa shape index (κ2) is 9.27. The van der Waals surface area contributed by atoms with Crippen LogP contribution in [0.4, 0.5) is 4.79 Å². The molecule has 4 rings (SSSR count). The standard InChI is InChI=1S/C21H25Cl2N5O2/c22-16-5-4-15(12-17(16)23)18-13-19(25-14-24-18)20(29)26-8-10-28(11-9-26)21(30)27-6-2-1-3-7-27/h4-5,12-14,19H,1-3,6-11H2,(H,24,25). The molecular formula is C21H25Cl2N5O2. The van der Waals surface area contributed by atoms with E-state index < -0.39 is 6.04 Å². The van der Waals surface area contributed by atoms with Gasteiger partial charge in [0.25, 0.3) is 5.91 Å². The number of nitrogens with one attached hydrogen (secondary N) is 1. The van der Waals surface area contributed by atoms with Crippen molar-refractivity contribution in [2.24, 2.45) is 4.99 Å². The number of piperazine rings is 1. The molecule has 1 aromatic carbocycles. The van der Waals surface area contributed by atoms with E-state index >= 15 is 0 Å². The number of hydrogen-bond donors (Lipinski definition) is 1. The molecule has 0 radical (unpaired) electrons. The van der Waals surface area contributed by atoms with Gasteiger partial charge in [-0.1, -0.05) is 29.3 Å². The number of aliphatic imine (C=N–C) groups is 1. The molecule has 1 N–H and O–H groups in total. The molecule has 0 aromatic heterocycles. The Bertz CT molecular complexity index is 874. The molecule has 7 nitrogen and oxygen atoms in total. The summed E-state index contributed by atoms with van der Waals surface area (Å²) in [4.78, 5) is 35.6. The lowest BCUT2D eigenvalue weighted by Gasteiger charge is -2.39. The van der Waals surface area contributed by atoms with E-state index in [9.17, 15) is 9.59 Å². The van der Waals surface area contributed by atoms with Gasteiger partial charge in [0.05, 0.1) is 16.4 Å². The second-order valence-corrected chi connectivity index (χ2v) is 8.53. The molecule has 3 aliphatic heterocycles. The molecule has 30 heavy (non-hydrogen) atoms. The number of amides is 3. The number of likely N-dealkylation sites (tertiary alicyclic amines) is 1. The fraction of sp³-hybridized carbons (Fsp3) is 0.476. The van der Waals surface area contributed by atoms with Crippen LogP contribution in [0.2, 0.25) is 10.0 Å². The van der Waals surface area contributed by atoms with Crippen molar-refractivity contribution in [1.29, 1.82) is 0 Å². The van der Waals surface area contributed by atoms with Crippen LogP contribution >= 0.6 is 23.2 Å². The molecule has 1 atom stereocenters. The van der Waals surface area contributed by atoms with Gasteiger partial charge in [0.1, 0.15) is 0 Å².